The molecule has 1 saturated heterocycles. The Morgan fingerprint density at radius 1 is 1.14 bits per heavy atom. The van der Waals surface area contributed by atoms with Crippen LogP contribution in [0.4, 0.5) is 0 Å². The Morgan fingerprint density at radius 2 is 1.86 bits per heavy atom. The maximum Gasteiger partial charge on any atom is 0.188 e. The maximum absolute atomic E-state index is 5.79. The van der Waals surface area contributed by atoms with Crippen LogP contribution in [-0.4, -0.2) is 47.6 Å². The topological polar surface area (TPSA) is 55.4 Å². The third-order valence-corrected chi connectivity index (χ3v) is 3.73. The minimum absolute atomic E-state index is 0.139. The van der Waals surface area contributed by atoms with E-state index >= 15 is 0 Å². The highest BCUT2D eigenvalue weighted by Gasteiger charge is 2.42. The maximum atomic E-state index is 5.79. The lowest BCUT2D eigenvalue weighted by atomic mass is 9.90. The molecule has 0 saturated carbocycles. The molecule has 2 unspecified atom stereocenters. The van der Waals surface area contributed by atoms with Crippen molar-refractivity contribution in [2.45, 2.75) is 25.0 Å². The second-order valence-corrected chi connectivity index (χ2v) is 5.28. The Hall–Kier alpha value is -1.34. The van der Waals surface area contributed by atoms with E-state index in [1.165, 1.54) is 0 Å². The fourth-order valence-corrected chi connectivity index (χ4v) is 2.64. The predicted octanol–water partition coefficient (Wildman–Crippen LogP) is 2.30. The summed E-state index contributed by atoms with van der Waals surface area (Å²) < 4.78 is 32.6. The SMILES string of the molecule is COCOc1ccc(C2(OC)COC(C)C2)c(OCOC)c1. The Bertz CT molecular complexity index is 478. The van der Waals surface area contributed by atoms with Crippen LogP contribution < -0.4 is 9.47 Å². The summed E-state index contributed by atoms with van der Waals surface area (Å²) in [6.45, 7) is 2.86. The van der Waals surface area contributed by atoms with Crippen LogP contribution in [0.3, 0.4) is 0 Å². The molecule has 6 heteroatoms. The van der Waals surface area contributed by atoms with E-state index in [9.17, 15) is 0 Å². The summed E-state index contributed by atoms with van der Waals surface area (Å²) >= 11 is 0. The van der Waals surface area contributed by atoms with E-state index in [-0.39, 0.29) is 19.7 Å². The molecule has 0 aliphatic carbocycles. The van der Waals surface area contributed by atoms with Crippen molar-refractivity contribution >= 4 is 0 Å². The van der Waals surface area contributed by atoms with Crippen LogP contribution in [0.15, 0.2) is 18.2 Å². The van der Waals surface area contributed by atoms with Crippen LogP contribution in [0.25, 0.3) is 0 Å². The monoisotopic (exact) mass is 312 g/mol. The molecule has 1 fully saturated rings. The van der Waals surface area contributed by atoms with Gasteiger partial charge in [-0.25, -0.2) is 0 Å². The van der Waals surface area contributed by atoms with Crippen LogP contribution in [0.2, 0.25) is 0 Å². The van der Waals surface area contributed by atoms with Gasteiger partial charge in [-0.15, -0.1) is 0 Å². The van der Waals surface area contributed by atoms with Crippen molar-refractivity contribution in [1.82, 2.24) is 0 Å². The van der Waals surface area contributed by atoms with Crippen molar-refractivity contribution in [1.29, 1.82) is 0 Å². The van der Waals surface area contributed by atoms with Gasteiger partial charge in [-0.1, -0.05) is 0 Å². The normalized spacial score (nSPS) is 24.5. The van der Waals surface area contributed by atoms with Gasteiger partial charge in [-0.3, -0.25) is 0 Å². The third-order valence-electron chi connectivity index (χ3n) is 3.73. The minimum atomic E-state index is -0.512. The van der Waals surface area contributed by atoms with Gasteiger partial charge in [-0.2, -0.15) is 0 Å². The summed E-state index contributed by atoms with van der Waals surface area (Å²) in [6.07, 6.45) is 0.908. The van der Waals surface area contributed by atoms with Crippen LogP contribution >= 0.6 is 0 Å². The third kappa shape index (κ3) is 3.70. The lowest BCUT2D eigenvalue weighted by molar-refractivity contribution is -0.0272. The van der Waals surface area contributed by atoms with E-state index in [4.69, 9.17) is 28.4 Å². The second kappa shape index (κ2) is 7.78. The zero-order chi connectivity index (χ0) is 16.0. The molecule has 0 N–H and O–H groups in total. The van der Waals surface area contributed by atoms with Gasteiger partial charge >= 0.3 is 0 Å². The highest BCUT2D eigenvalue weighted by Crippen LogP contribution is 2.42. The van der Waals surface area contributed by atoms with Gasteiger partial charge in [0.25, 0.3) is 0 Å². The Balaban J connectivity index is 2.31. The van der Waals surface area contributed by atoms with Crippen molar-refractivity contribution in [2.24, 2.45) is 0 Å². The average molecular weight is 312 g/mol. The lowest BCUT2D eigenvalue weighted by Crippen LogP contribution is -2.30. The molecular weight excluding hydrogens is 288 g/mol. The van der Waals surface area contributed by atoms with Crippen LogP contribution in [-0.2, 0) is 24.5 Å². The number of rotatable bonds is 8. The summed E-state index contributed by atoms with van der Waals surface area (Å²) in [4.78, 5) is 0. The van der Waals surface area contributed by atoms with Gasteiger partial charge in [0.1, 0.15) is 17.1 Å². The largest absolute Gasteiger partial charge is 0.467 e. The Labute approximate surface area is 131 Å². The van der Waals surface area contributed by atoms with E-state index in [1.807, 2.05) is 25.1 Å². The van der Waals surface area contributed by atoms with Gasteiger partial charge in [-0.05, 0) is 19.1 Å². The molecule has 0 aromatic heterocycles. The molecule has 0 radical (unpaired) electrons. The van der Waals surface area contributed by atoms with Crippen molar-refractivity contribution in [3.8, 4) is 11.5 Å². The molecule has 1 aliphatic rings. The number of ether oxygens (including phenoxy) is 6. The van der Waals surface area contributed by atoms with Crippen molar-refractivity contribution in [3.63, 3.8) is 0 Å². The molecule has 0 bridgehead atoms. The van der Waals surface area contributed by atoms with E-state index in [0.717, 1.165) is 12.0 Å². The molecule has 2 rings (SSSR count). The van der Waals surface area contributed by atoms with Gasteiger partial charge in [0.05, 0.1) is 12.7 Å². The predicted molar refractivity (Wildman–Crippen MR) is 80.2 cm³/mol. The molecule has 6 nitrogen and oxygen atoms in total. The first kappa shape index (κ1) is 17.0. The molecule has 0 spiro atoms. The molecule has 1 aliphatic heterocycles. The highest BCUT2D eigenvalue weighted by molar-refractivity contribution is 5.44. The zero-order valence-corrected chi connectivity index (χ0v) is 13.6. The van der Waals surface area contributed by atoms with E-state index in [2.05, 4.69) is 0 Å². The fourth-order valence-electron chi connectivity index (χ4n) is 2.64. The number of hydrogen-bond acceptors (Lipinski definition) is 6. The summed E-state index contributed by atoms with van der Waals surface area (Å²) in [7, 11) is 4.85. The molecule has 1 heterocycles. The summed E-state index contributed by atoms with van der Waals surface area (Å²) in [6, 6.07) is 5.63. The molecule has 1 aromatic carbocycles. The first-order chi connectivity index (χ1) is 10.6. The second-order valence-electron chi connectivity index (χ2n) is 5.28. The molecule has 22 heavy (non-hydrogen) atoms. The molecule has 1 aromatic rings. The van der Waals surface area contributed by atoms with E-state index in [1.54, 1.807) is 21.3 Å². The summed E-state index contributed by atoms with van der Waals surface area (Å²) in [5.41, 5.74) is 0.420. The van der Waals surface area contributed by atoms with Gasteiger partial charge in [0.15, 0.2) is 13.6 Å². The quantitative estimate of drug-likeness (QED) is 0.687. The molecule has 0 amide bonds. The van der Waals surface area contributed by atoms with Gasteiger partial charge in [0.2, 0.25) is 0 Å². The van der Waals surface area contributed by atoms with Gasteiger partial charge in [0, 0.05) is 39.4 Å². The standard InChI is InChI=1S/C16H24O6/c1-12-8-16(19-4,9-20-12)14-6-5-13(21-10-17-2)7-15(14)22-11-18-3/h5-7,12H,8-11H2,1-4H3. The first-order valence-electron chi connectivity index (χ1n) is 7.20. The molecule has 2 atom stereocenters. The smallest absolute Gasteiger partial charge is 0.188 e. The summed E-state index contributed by atoms with van der Waals surface area (Å²) in [5.74, 6) is 1.32. The zero-order valence-electron chi connectivity index (χ0n) is 13.6. The minimum Gasteiger partial charge on any atom is -0.467 e. The fraction of sp³-hybridized carbons (Fsp3) is 0.625. The number of methoxy groups -OCH3 is 3. The van der Waals surface area contributed by atoms with Crippen LogP contribution in [0.1, 0.15) is 18.9 Å². The molecule has 124 valence electrons. The van der Waals surface area contributed by atoms with Crippen molar-refractivity contribution < 1.29 is 28.4 Å². The highest BCUT2D eigenvalue weighted by atomic mass is 16.7. The number of hydrogen-bond donors (Lipinski definition) is 0. The molecular formula is C16H24O6. The van der Waals surface area contributed by atoms with Gasteiger partial charge < -0.3 is 28.4 Å². The van der Waals surface area contributed by atoms with E-state index < -0.39 is 5.60 Å². The van der Waals surface area contributed by atoms with E-state index in [0.29, 0.717) is 18.1 Å². The van der Waals surface area contributed by atoms with Crippen molar-refractivity contribution in [3.05, 3.63) is 23.8 Å². The Morgan fingerprint density at radius 3 is 2.45 bits per heavy atom. The Kier molecular flexibility index (Phi) is 6.02. The summed E-state index contributed by atoms with van der Waals surface area (Å²) in [5, 5.41) is 0. The van der Waals surface area contributed by atoms with Crippen LogP contribution in [0, 0.1) is 0 Å². The van der Waals surface area contributed by atoms with Crippen LogP contribution in [0.5, 0.6) is 11.5 Å². The van der Waals surface area contributed by atoms with Crippen molar-refractivity contribution in [2.75, 3.05) is 41.5 Å². The average Bonchev–Trinajstić information content (AvgIpc) is 2.93. The lowest BCUT2D eigenvalue weighted by Gasteiger charge is -2.28. The number of benzene rings is 1. The first-order valence-corrected chi connectivity index (χ1v) is 7.20.